The Labute approximate surface area is 113 Å². The van der Waals surface area contributed by atoms with E-state index in [1.165, 1.54) is 0 Å². The van der Waals surface area contributed by atoms with Gasteiger partial charge in [0.2, 0.25) is 0 Å². The molecule has 1 heterocycles. The van der Waals surface area contributed by atoms with E-state index in [2.05, 4.69) is 5.32 Å². The first-order valence-electron chi connectivity index (χ1n) is 6.39. The second kappa shape index (κ2) is 6.04. The topological polar surface area (TPSA) is 50.8 Å². The van der Waals surface area contributed by atoms with Gasteiger partial charge < -0.3 is 19.7 Å². The van der Waals surface area contributed by atoms with Crippen LogP contribution < -0.4 is 5.32 Å². The molecule has 0 aliphatic carbocycles. The maximum Gasteiger partial charge on any atom is 0.321 e. The molecule has 2 amide bonds. The second-order valence-corrected chi connectivity index (χ2v) is 4.75. The van der Waals surface area contributed by atoms with E-state index < -0.39 is 0 Å². The molecule has 5 heteroatoms. The zero-order valence-electron chi connectivity index (χ0n) is 11.6. The first-order valence-corrected chi connectivity index (χ1v) is 6.39. The lowest BCUT2D eigenvalue weighted by Crippen LogP contribution is -2.37. The minimum Gasteiger partial charge on any atom is -0.348 e. The fraction of sp³-hybridized carbons (Fsp3) is 0.500. The summed E-state index contributed by atoms with van der Waals surface area (Å²) in [7, 11) is 1.73. The van der Waals surface area contributed by atoms with Gasteiger partial charge in [-0.3, -0.25) is 0 Å². The van der Waals surface area contributed by atoms with Gasteiger partial charge in [0.05, 0.1) is 19.8 Å². The minimum absolute atomic E-state index is 0.156. The average Bonchev–Trinajstić information content (AvgIpc) is 2.86. The van der Waals surface area contributed by atoms with Gasteiger partial charge in [-0.05, 0) is 25.0 Å². The minimum atomic E-state index is -0.311. The highest BCUT2D eigenvalue weighted by Gasteiger charge is 2.21. The lowest BCUT2D eigenvalue weighted by atomic mass is 10.1. The summed E-state index contributed by atoms with van der Waals surface area (Å²) in [5, 5.41) is 2.93. The van der Waals surface area contributed by atoms with Crippen molar-refractivity contribution in [2.24, 2.45) is 0 Å². The van der Waals surface area contributed by atoms with E-state index >= 15 is 0 Å². The van der Waals surface area contributed by atoms with Crippen LogP contribution in [-0.4, -0.2) is 44.0 Å². The molecule has 0 bridgehead atoms. The lowest BCUT2D eigenvalue weighted by molar-refractivity contribution is -0.0518. The van der Waals surface area contributed by atoms with E-state index in [1.54, 1.807) is 11.9 Å². The maximum atomic E-state index is 12.1. The fourth-order valence-electron chi connectivity index (χ4n) is 2.03. The van der Waals surface area contributed by atoms with Crippen LogP contribution >= 0.6 is 0 Å². The Balaban J connectivity index is 1.96. The summed E-state index contributed by atoms with van der Waals surface area (Å²) in [5.74, 6) is 0. The van der Waals surface area contributed by atoms with E-state index in [9.17, 15) is 4.79 Å². The van der Waals surface area contributed by atoms with E-state index in [4.69, 9.17) is 9.47 Å². The van der Waals surface area contributed by atoms with Crippen molar-refractivity contribution in [3.05, 3.63) is 29.3 Å². The van der Waals surface area contributed by atoms with Gasteiger partial charge in [-0.1, -0.05) is 18.2 Å². The smallest absolute Gasteiger partial charge is 0.321 e. The number of carbonyl (C=O) groups is 1. The number of anilines is 1. The third-order valence-electron chi connectivity index (χ3n) is 3.17. The number of ether oxygens (including phenoxy) is 2. The van der Waals surface area contributed by atoms with Gasteiger partial charge in [-0.25, -0.2) is 4.79 Å². The number of likely N-dealkylation sites (N-methyl/N-ethyl adjacent to an activating group) is 1. The van der Waals surface area contributed by atoms with Crippen molar-refractivity contribution in [2.75, 3.05) is 32.1 Å². The molecule has 1 aliphatic rings. The Morgan fingerprint density at radius 1 is 1.32 bits per heavy atom. The molecule has 1 fully saturated rings. The summed E-state index contributed by atoms with van der Waals surface area (Å²) in [4.78, 5) is 13.7. The number of nitrogens with one attached hydrogen (secondary N) is 1. The van der Waals surface area contributed by atoms with Crippen LogP contribution in [0.4, 0.5) is 10.5 Å². The van der Waals surface area contributed by atoms with Crippen molar-refractivity contribution in [3.8, 4) is 0 Å². The second-order valence-electron chi connectivity index (χ2n) is 4.75. The first-order chi connectivity index (χ1) is 9.08. The highest BCUT2D eigenvalue weighted by Crippen LogP contribution is 2.19. The molecular formula is C14H20N2O3. The van der Waals surface area contributed by atoms with Crippen molar-refractivity contribution in [1.82, 2.24) is 4.90 Å². The van der Waals surface area contributed by atoms with Gasteiger partial charge >= 0.3 is 6.03 Å². The van der Waals surface area contributed by atoms with Crippen LogP contribution in [-0.2, 0) is 9.47 Å². The number of para-hydroxylation sites is 1. The number of carbonyl (C=O) groups excluding carboxylic acids is 1. The Hall–Kier alpha value is -1.59. The largest absolute Gasteiger partial charge is 0.348 e. The number of amides is 2. The van der Waals surface area contributed by atoms with Gasteiger partial charge in [0, 0.05) is 12.7 Å². The van der Waals surface area contributed by atoms with Crippen molar-refractivity contribution >= 4 is 11.7 Å². The first kappa shape index (κ1) is 13.8. The predicted octanol–water partition coefficient (Wildman–Crippen LogP) is 2.14. The van der Waals surface area contributed by atoms with Crippen molar-refractivity contribution in [1.29, 1.82) is 0 Å². The van der Waals surface area contributed by atoms with Crippen molar-refractivity contribution in [3.63, 3.8) is 0 Å². The van der Waals surface area contributed by atoms with E-state index in [0.29, 0.717) is 19.8 Å². The monoisotopic (exact) mass is 264 g/mol. The zero-order valence-corrected chi connectivity index (χ0v) is 11.6. The zero-order chi connectivity index (χ0) is 13.8. The van der Waals surface area contributed by atoms with Crippen LogP contribution in [0, 0.1) is 13.8 Å². The van der Waals surface area contributed by atoms with E-state index in [0.717, 1.165) is 16.8 Å². The van der Waals surface area contributed by atoms with Crippen molar-refractivity contribution in [2.45, 2.75) is 20.1 Å². The molecule has 0 atom stereocenters. The molecule has 0 saturated carbocycles. The third kappa shape index (κ3) is 3.45. The highest BCUT2D eigenvalue weighted by atomic mass is 16.7. The Morgan fingerprint density at radius 2 is 1.89 bits per heavy atom. The van der Waals surface area contributed by atoms with Crippen LogP contribution in [0.15, 0.2) is 18.2 Å². The Bertz CT molecular complexity index is 436. The Kier molecular flexibility index (Phi) is 4.39. The number of urea groups is 1. The van der Waals surface area contributed by atoms with Gasteiger partial charge in [0.15, 0.2) is 6.29 Å². The standard InChI is InChI=1S/C14H20N2O3/c1-10-5-4-6-11(2)13(10)15-14(17)16(3)9-12-18-7-8-19-12/h4-6,12H,7-9H2,1-3H3,(H,15,17). The number of rotatable bonds is 3. The molecule has 0 unspecified atom stereocenters. The summed E-state index contributed by atoms with van der Waals surface area (Å²) >= 11 is 0. The molecule has 5 nitrogen and oxygen atoms in total. The van der Waals surface area contributed by atoms with Gasteiger partial charge in [-0.2, -0.15) is 0 Å². The summed E-state index contributed by atoms with van der Waals surface area (Å²) in [6.45, 7) is 5.57. The number of aryl methyl sites for hydroxylation is 2. The van der Waals surface area contributed by atoms with Gasteiger partial charge in [0.1, 0.15) is 0 Å². The van der Waals surface area contributed by atoms with Crippen LogP contribution in [0.25, 0.3) is 0 Å². The number of nitrogens with zero attached hydrogens (tertiary/aromatic N) is 1. The van der Waals surface area contributed by atoms with Crippen molar-refractivity contribution < 1.29 is 14.3 Å². The molecular weight excluding hydrogens is 244 g/mol. The molecule has 0 aromatic heterocycles. The maximum absolute atomic E-state index is 12.1. The number of hydrogen-bond acceptors (Lipinski definition) is 3. The average molecular weight is 264 g/mol. The molecule has 2 rings (SSSR count). The van der Waals surface area contributed by atoms with E-state index in [1.807, 2.05) is 32.0 Å². The summed E-state index contributed by atoms with van der Waals surface area (Å²) in [5.41, 5.74) is 2.97. The van der Waals surface area contributed by atoms with Gasteiger partial charge in [0.25, 0.3) is 0 Å². The fourth-order valence-corrected chi connectivity index (χ4v) is 2.03. The number of hydrogen-bond donors (Lipinski definition) is 1. The normalized spacial score (nSPS) is 15.5. The Morgan fingerprint density at radius 3 is 2.47 bits per heavy atom. The molecule has 1 saturated heterocycles. The molecule has 104 valence electrons. The van der Waals surface area contributed by atoms with Crippen LogP contribution in [0.5, 0.6) is 0 Å². The molecule has 1 aliphatic heterocycles. The molecule has 1 aromatic rings. The lowest BCUT2D eigenvalue weighted by Gasteiger charge is -2.22. The predicted molar refractivity (Wildman–Crippen MR) is 73.3 cm³/mol. The van der Waals surface area contributed by atoms with Gasteiger partial charge in [-0.15, -0.1) is 0 Å². The SMILES string of the molecule is Cc1cccc(C)c1NC(=O)N(C)CC1OCCO1. The van der Waals surface area contributed by atoms with Crippen LogP contribution in [0.2, 0.25) is 0 Å². The molecule has 1 aromatic carbocycles. The highest BCUT2D eigenvalue weighted by molar-refractivity contribution is 5.90. The molecule has 19 heavy (non-hydrogen) atoms. The van der Waals surface area contributed by atoms with Crippen LogP contribution in [0.3, 0.4) is 0 Å². The molecule has 0 spiro atoms. The molecule has 0 radical (unpaired) electrons. The summed E-state index contributed by atoms with van der Waals surface area (Å²) < 4.78 is 10.7. The summed E-state index contributed by atoms with van der Waals surface area (Å²) in [6.07, 6.45) is -0.311. The third-order valence-corrected chi connectivity index (χ3v) is 3.17. The number of benzene rings is 1. The van der Waals surface area contributed by atoms with E-state index in [-0.39, 0.29) is 12.3 Å². The van der Waals surface area contributed by atoms with Crippen LogP contribution in [0.1, 0.15) is 11.1 Å². The quantitative estimate of drug-likeness (QED) is 0.910. The molecule has 1 N–H and O–H groups in total. The summed E-state index contributed by atoms with van der Waals surface area (Å²) in [6, 6.07) is 5.78.